The fourth-order valence-electron chi connectivity index (χ4n) is 2.65. The molecule has 158 valence electrons. The van der Waals surface area contributed by atoms with Gasteiger partial charge in [-0.15, -0.1) is 0 Å². The second-order valence-electron chi connectivity index (χ2n) is 6.26. The zero-order chi connectivity index (χ0) is 21.2. The molecule has 2 rings (SSSR count). The monoisotopic (exact) mass is 501 g/mol. The van der Waals surface area contributed by atoms with Gasteiger partial charge in [0.25, 0.3) is 0 Å². The Morgan fingerprint density at radius 3 is 2.62 bits per heavy atom. The minimum absolute atomic E-state index is 0.319. The predicted molar refractivity (Wildman–Crippen MR) is 122 cm³/mol. The summed E-state index contributed by atoms with van der Waals surface area (Å²) in [7, 11) is 0. The first-order valence-corrected chi connectivity index (χ1v) is 11.8. The van der Waals surface area contributed by atoms with Crippen molar-refractivity contribution in [2.24, 2.45) is 0 Å². The number of aliphatic carboxylic acids is 1. The van der Waals surface area contributed by atoms with E-state index in [0.717, 1.165) is 21.4 Å². The van der Waals surface area contributed by atoms with Crippen LogP contribution in [0.5, 0.6) is 11.5 Å². The van der Waals surface area contributed by atoms with Gasteiger partial charge in [0.2, 0.25) is 0 Å². The molecule has 2 aromatic carbocycles. The third-order valence-corrected chi connectivity index (χ3v) is 5.95. The van der Waals surface area contributed by atoms with Crippen LogP contribution in [0.4, 0.5) is 0 Å². The SMILES string of the molecule is CCOc1cc(CNC(CCSC)C(=O)O)c(Br)cc1OCc1ccccc1Cl. The quantitative estimate of drug-likeness (QED) is 0.406. The van der Waals surface area contributed by atoms with Crippen LogP contribution in [0.1, 0.15) is 24.5 Å². The number of benzene rings is 2. The highest BCUT2D eigenvalue weighted by molar-refractivity contribution is 9.10. The molecule has 1 atom stereocenters. The first kappa shape index (κ1) is 23.9. The maximum absolute atomic E-state index is 11.4. The first-order chi connectivity index (χ1) is 14.0. The minimum Gasteiger partial charge on any atom is -0.490 e. The third kappa shape index (κ3) is 7.41. The van der Waals surface area contributed by atoms with Crippen LogP contribution in [0.25, 0.3) is 0 Å². The maximum atomic E-state index is 11.4. The molecular formula is C21H25BrClNO4S. The fraction of sp³-hybridized carbons (Fsp3) is 0.381. The summed E-state index contributed by atoms with van der Waals surface area (Å²) in [6, 6.07) is 10.6. The largest absolute Gasteiger partial charge is 0.490 e. The van der Waals surface area contributed by atoms with Gasteiger partial charge >= 0.3 is 5.97 Å². The zero-order valence-corrected chi connectivity index (χ0v) is 19.6. The molecule has 2 N–H and O–H groups in total. The summed E-state index contributed by atoms with van der Waals surface area (Å²) in [5.41, 5.74) is 1.78. The average molecular weight is 503 g/mol. The molecule has 0 saturated carbocycles. The lowest BCUT2D eigenvalue weighted by Gasteiger charge is -2.18. The van der Waals surface area contributed by atoms with Crippen molar-refractivity contribution >= 4 is 45.3 Å². The van der Waals surface area contributed by atoms with Gasteiger partial charge in [0, 0.05) is 21.6 Å². The zero-order valence-electron chi connectivity index (χ0n) is 16.4. The second kappa shape index (κ2) is 12.3. The van der Waals surface area contributed by atoms with E-state index in [1.165, 1.54) is 0 Å². The highest BCUT2D eigenvalue weighted by Gasteiger charge is 2.18. The number of hydrogen-bond donors (Lipinski definition) is 2. The molecule has 0 spiro atoms. The van der Waals surface area contributed by atoms with Crippen molar-refractivity contribution in [2.45, 2.75) is 32.5 Å². The van der Waals surface area contributed by atoms with Crippen LogP contribution >= 0.6 is 39.3 Å². The van der Waals surface area contributed by atoms with Gasteiger partial charge in [0.1, 0.15) is 12.6 Å². The molecule has 0 heterocycles. The maximum Gasteiger partial charge on any atom is 0.320 e. The summed E-state index contributed by atoms with van der Waals surface area (Å²) in [6.45, 7) is 3.11. The summed E-state index contributed by atoms with van der Waals surface area (Å²) in [5.74, 6) is 1.14. The van der Waals surface area contributed by atoms with E-state index in [9.17, 15) is 9.90 Å². The van der Waals surface area contributed by atoms with Crippen molar-refractivity contribution < 1.29 is 19.4 Å². The van der Waals surface area contributed by atoms with Crippen LogP contribution in [0.15, 0.2) is 40.9 Å². The summed E-state index contributed by atoms with van der Waals surface area (Å²) < 4.78 is 12.5. The lowest BCUT2D eigenvalue weighted by molar-refractivity contribution is -0.139. The molecule has 1 unspecified atom stereocenters. The molecular weight excluding hydrogens is 478 g/mol. The molecule has 0 saturated heterocycles. The summed E-state index contributed by atoms with van der Waals surface area (Å²) in [5, 5.41) is 13.1. The van der Waals surface area contributed by atoms with E-state index in [4.69, 9.17) is 21.1 Å². The van der Waals surface area contributed by atoms with Crippen molar-refractivity contribution in [3.63, 3.8) is 0 Å². The summed E-state index contributed by atoms with van der Waals surface area (Å²) in [6.07, 6.45) is 2.52. The number of halogens is 2. The van der Waals surface area contributed by atoms with E-state index in [1.54, 1.807) is 11.8 Å². The Hall–Kier alpha value is -1.41. The molecule has 29 heavy (non-hydrogen) atoms. The van der Waals surface area contributed by atoms with Crippen molar-refractivity contribution in [3.05, 3.63) is 57.0 Å². The van der Waals surface area contributed by atoms with E-state index < -0.39 is 12.0 Å². The molecule has 0 aliphatic rings. The number of thioether (sulfide) groups is 1. The van der Waals surface area contributed by atoms with Crippen molar-refractivity contribution in [2.75, 3.05) is 18.6 Å². The van der Waals surface area contributed by atoms with Gasteiger partial charge in [-0.3, -0.25) is 4.79 Å². The van der Waals surface area contributed by atoms with E-state index in [2.05, 4.69) is 21.2 Å². The standard InChI is InChI=1S/C21H25BrClNO4S/c1-3-27-19-10-15(12-24-18(21(25)26)8-9-29-2)16(22)11-20(19)28-13-14-6-4-5-7-17(14)23/h4-7,10-11,18,24H,3,8-9,12-13H2,1-2H3,(H,25,26). The average Bonchev–Trinajstić information content (AvgIpc) is 2.69. The Bertz CT molecular complexity index is 821. The van der Waals surface area contributed by atoms with Gasteiger partial charge in [0.05, 0.1) is 6.61 Å². The predicted octanol–water partition coefficient (Wildman–Crippen LogP) is 5.38. The van der Waals surface area contributed by atoms with E-state index in [0.29, 0.717) is 42.7 Å². The van der Waals surface area contributed by atoms with E-state index in [-0.39, 0.29) is 0 Å². The van der Waals surface area contributed by atoms with Gasteiger partial charge in [-0.1, -0.05) is 45.7 Å². The van der Waals surface area contributed by atoms with Gasteiger partial charge in [-0.2, -0.15) is 11.8 Å². The molecule has 0 amide bonds. The highest BCUT2D eigenvalue weighted by atomic mass is 79.9. The van der Waals surface area contributed by atoms with Crippen LogP contribution in [0.2, 0.25) is 5.02 Å². The Morgan fingerprint density at radius 1 is 1.24 bits per heavy atom. The molecule has 0 aliphatic heterocycles. The highest BCUT2D eigenvalue weighted by Crippen LogP contribution is 2.35. The fourth-order valence-corrected chi connectivity index (χ4v) is 3.77. The second-order valence-corrected chi connectivity index (χ2v) is 8.50. The molecule has 0 bridgehead atoms. The number of carboxylic acids is 1. The molecule has 8 heteroatoms. The van der Waals surface area contributed by atoms with Crippen LogP contribution in [-0.4, -0.2) is 35.7 Å². The van der Waals surface area contributed by atoms with Gasteiger partial charge in [-0.25, -0.2) is 0 Å². The first-order valence-electron chi connectivity index (χ1n) is 9.22. The molecule has 0 fully saturated rings. The Kier molecular flexibility index (Phi) is 10.1. The van der Waals surface area contributed by atoms with Crippen LogP contribution in [-0.2, 0) is 17.9 Å². The normalized spacial score (nSPS) is 11.9. The third-order valence-electron chi connectivity index (χ3n) is 4.20. The lowest BCUT2D eigenvalue weighted by Crippen LogP contribution is -2.36. The summed E-state index contributed by atoms with van der Waals surface area (Å²) in [4.78, 5) is 11.4. The molecule has 2 aromatic rings. The lowest BCUT2D eigenvalue weighted by atomic mass is 10.1. The van der Waals surface area contributed by atoms with Gasteiger partial charge < -0.3 is 19.9 Å². The van der Waals surface area contributed by atoms with Gasteiger partial charge in [0.15, 0.2) is 11.5 Å². The number of hydrogen-bond acceptors (Lipinski definition) is 5. The van der Waals surface area contributed by atoms with Crippen molar-refractivity contribution in [1.82, 2.24) is 5.32 Å². The molecule has 5 nitrogen and oxygen atoms in total. The number of rotatable bonds is 12. The number of carbonyl (C=O) groups is 1. The Labute approximate surface area is 189 Å². The van der Waals surface area contributed by atoms with Gasteiger partial charge in [-0.05, 0) is 49.1 Å². The minimum atomic E-state index is -0.847. The molecule has 0 aliphatic carbocycles. The smallest absolute Gasteiger partial charge is 0.320 e. The molecule has 0 radical (unpaired) electrons. The number of ether oxygens (including phenoxy) is 2. The summed E-state index contributed by atoms with van der Waals surface area (Å²) >= 11 is 11.4. The van der Waals surface area contributed by atoms with Crippen LogP contribution < -0.4 is 14.8 Å². The Balaban J connectivity index is 2.13. The van der Waals surface area contributed by atoms with Crippen LogP contribution in [0, 0.1) is 0 Å². The Morgan fingerprint density at radius 2 is 1.97 bits per heavy atom. The van der Waals surface area contributed by atoms with E-state index >= 15 is 0 Å². The van der Waals surface area contributed by atoms with Crippen LogP contribution in [0.3, 0.4) is 0 Å². The van der Waals surface area contributed by atoms with E-state index in [1.807, 2.05) is 49.6 Å². The number of carboxylic acid groups (broad SMARTS) is 1. The topological polar surface area (TPSA) is 67.8 Å². The van der Waals surface area contributed by atoms with Crippen molar-refractivity contribution in [1.29, 1.82) is 0 Å². The number of nitrogens with one attached hydrogen (secondary N) is 1. The molecule has 0 aromatic heterocycles. The van der Waals surface area contributed by atoms with Crippen molar-refractivity contribution in [3.8, 4) is 11.5 Å².